The van der Waals surface area contributed by atoms with E-state index in [2.05, 4.69) is 13.8 Å². The van der Waals surface area contributed by atoms with Crippen molar-refractivity contribution in [1.29, 1.82) is 0 Å². The third-order valence-electron chi connectivity index (χ3n) is 3.14. The molecule has 0 aromatic carbocycles. The zero-order valence-electron chi connectivity index (χ0n) is 7.56. The molecule has 1 aliphatic rings. The quantitative estimate of drug-likeness (QED) is 0.645. The van der Waals surface area contributed by atoms with Gasteiger partial charge in [-0.15, -0.1) is 0 Å². The Labute approximate surface area is 68.8 Å². The summed E-state index contributed by atoms with van der Waals surface area (Å²) in [4.78, 5) is 0. The van der Waals surface area contributed by atoms with Crippen molar-refractivity contribution in [2.75, 3.05) is 6.61 Å². The van der Waals surface area contributed by atoms with E-state index >= 15 is 0 Å². The maximum Gasteiger partial charge on any atom is 0.0504 e. The Morgan fingerprint density at radius 2 is 2.09 bits per heavy atom. The van der Waals surface area contributed by atoms with E-state index in [9.17, 15) is 0 Å². The molecule has 1 atom stereocenters. The summed E-state index contributed by atoms with van der Waals surface area (Å²) in [5.41, 5.74) is 6.05. The first-order valence-electron chi connectivity index (χ1n) is 4.48. The van der Waals surface area contributed by atoms with Crippen molar-refractivity contribution in [3.05, 3.63) is 0 Å². The lowest BCUT2D eigenvalue weighted by Gasteiger charge is -2.33. The van der Waals surface area contributed by atoms with Crippen LogP contribution in [0.3, 0.4) is 0 Å². The largest absolute Gasteiger partial charge is 0.396 e. The van der Waals surface area contributed by atoms with E-state index in [4.69, 9.17) is 10.8 Å². The minimum absolute atomic E-state index is 0.0724. The highest BCUT2D eigenvalue weighted by Gasteiger charge is 2.53. The lowest BCUT2D eigenvalue weighted by molar-refractivity contribution is 0.134. The van der Waals surface area contributed by atoms with Crippen LogP contribution in [0.4, 0.5) is 0 Å². The van der Waals surface area contributed by atoms with Crippen molar-refractivity contribution in [2.45, 2.75) is 45.1 Å². The number of rotatable bonds is 4. The molecule has 1 aliphatic carbocycles. The van der Waals surface area contributed by atoms with Gasteiger partial charge in [0, 0.05) is 11.0 Å². The fraction of sp³-hybridized carbons (Fsp3) is 1.00. The molecule has 0 aromatic rings. The average Bonchev–Trinajstić information content (AvgIpc) is 2.66. The summed E-state index contributed by atoms with van der Waals surface area (Å²) < 4.78 is 0. The van der Waals surface area contributed by atoms with Crippen LogP contribution >= 0.6 is 0 Å². The van der Waals surface area contributed by atoms with Gasteiger partial charge >= 0.3 is 0 Å². The predicted molar refractivity (Wildman–Crippen MR) is 46.3 cm³/mol. The Morgan fingerprint density at radius 1 is 1.55 bits per heavy atom. The van der Waals surface area contributed by atoms with E-state index in [1.807, 2.05) is 0 Å². The number of hydrogen-bond acceptors (Lipinski definition) is 2. The third kappa shape index (κ3) is 1.42. The zero-order valence-corrected chi connectivity index (χ0v) is 7.56. The van der Waals surface area contributed by atoms with Crippen molar-refractivity contribution >= 4 is 0 Å². The monoisotopic (exact) mass is 157 g/mol. The summed E-state index contributed by atoms with van der Waals surface area (Å²) >= 11 is 0. The molecule has 0 aliphatic heterocycles. The zero-order chi connectivity index (χ0) is 8.54. The summed E-state index contributed by atoms with van der Waals surface area (Å²) in [6, 6.07) is 0. The van der Waals surface area contributed by atoms with E-state index < -0.39 is 0 Å². The first kappa shape index (κ1) is 9.01. The summed E-state index contributed by atoms with van der Waals surface area (Å²) in [5, 5.41) is 9.14. The van der Waals surface area contributed by atoms with Crippen molar-refractivity contribution in [3.63, 3.8) is 0 Å². The van der Waals surface area contributed by atoms with Crippen LogP contribution in [0.25, 0.3) is 0 Å². The van der Waals surface area contributed by atoms with Crippen molar-refractivity contribution in [3.8, 4) is 0 Å². The fourth-order valence-corrected chi connectivity index (χ4v) is 1.85. The molecule has 1 saturated carbocycles. The highest BCUT2D eigenvalue weighted by molar-refractivity contribution is 5.08. The molecular formula is C9H19NO. The van der Waals surface area contributed by atoms with Crippen LogP contribution in [0.15, 0.2) is 0 Å². The molecule has 1 unspecified atom stereocenters. The van der Waals surface area contributed by atoms with Gasteiger partial charge in [-0.05, 0) is 26.2 Å². The maximum atomic E-state index is 9.14. The van der Waals surface area contributed by atoms with E-state index in [0.29, 0.717) is 0 Å². The van der Waals surface area contributed by atoms with Gasteiger partial charge in [-0.1, -0.05) is 13.3 Å². The highest BCUT2D eigenvalue weighted by Crippen LogP contribution is 2.53. The number of aliphatic hydroxyl groups is 1. The van der Waals surface area contributed by atoms with Crippen LogP contribution in [-0.4, -0.2) is 17.3 Å². The van der Waals surface area contributed by atoms with Crippen LogP contribution in [0.1, 0.15) is 39.5 Å². The van der Waals surface area contributed by atoms with Gasteiger partial charge in [0.2, 0.25) is 0 Å². The molecular weight excluding hydrogens is 138 g/mol. The highest BCUT2D eigenvalue weighted by atomic mass is 16.3. The first-order valence-corrected chi connectivity index (χ1v) is 4.48. The Kier molecular flexibility index (Phi) is 2.26. The van der Waals surface area contributed by atoms with Crippen LogP contribution in [0.2, 0.25) is 0 Å². The number of hydrogen-bond donors (Lipinski definition) is 2. The van der Waals surface area contributed by atoms with Gasteiger partial charge in [0.25, 0.3) is 0 Å². The Balaban J connectivity index is 2.56. The normalized spacial score (nSPS) is 26.2. The standard InChI is InChI=1S/C9H19NO/c1-3-4-8(2,10)9(7-11)5-6-9/h11H,3-7,10H2,1-2H3. The van der Waals surface area contributed by atoms with Crippen LogP contribution in [-0.2, 0) is 0 Å². The van der Waals surface area contributed by atoms with Gasteiger partial charge in [0.05, 0.1) is 6.61 Å². The lowest BCUT2D eigenvalue weighted by atomic mass is 9.80. The van der Waals surface area contributed by atoms with Gasteiger partial charge in [0.1, 0.15) is 0 Å². The molecule has 0 amide bonds. The molecule has 2 nitrogen and oxygen atoms in total. The molecule has 0 spiro atoms. The first-order chi connectivity index (χ1) is 5.08. The molecule has 1 fully saturated rings. The van der Waals surface area contributed by atoms with Gasteiger partial charge in [-0.25, -0.2) is 0 Å². The smallest absolute Gasteiger partial charge is 0.0504 e. The minimum atomic E-state index is -0.142. The predicted octanol–water partition coefficient (Wildman–Crippen LogP) is 1.28. The summed E-state index contributed by atoms with van der Waals surface area (Å²) in [5.74, 6) is 0. The second-order valence-corrected chi connectivity index (χ2v) is 4.11. The van der Waals surface area contributed by atoms with Crippen molar-refractivity contribution in [2.24, 2.45) is 11.1 Å². The SMILES string of the molecule is CCCC(C)(N)C1(CO)CC1. The van der Waals surface area contributed by atoms with E-state index in [1.165, 1.54) is 0 Å². The van der Waals surface area contributed by atoms with Crippen LogP contribution in [0.5, 0.6) is 0 Å². The van der Waals surface area contributed by atoms with Gasteiger partial charge in [-0.3, -0.25) is 0 Å². The van der Waals surface area contributed by atoms with Crippen molar-refractivity contribution < 1.29 is 5.11 Å². The third-order valence-corrected chi connectivity index (χ3v) is 3.14. The summed E-state index contributed by atoms with van der Waals surface area (Å²) in [6.07, 6.45) is 4.34. The number of aliphatic hydroxyl groups excluding tert-OH is 1. The molecule has 1 rings (SSSR count). The molecule has 0 saturated heterocycles. The van der Waals surface area contributed by atoms with Crippen LogP contribution < -0.4 is 5.73 Å². The van der Waals surface area contributed by atoms with Crippen molar-refractivity contribution in [1.82, 2.24) is 0 Å². The molecule has 0 bridgehead atoms. The Morgan fingerprint density at radius 3 is 2.36 bits per heavy atom. The minimum Gasteiger partial charge on any atom is -0.396 e. The average molecular weight is 157 g/mol. The summed E-state index contributed by atoms with van der Waals surface area (Å²) in [6.45, 7) is 4.47. The molecule has 0 heterocycles. The molecule has 2 heteroatoms. The van der Waals surface area contributed by atoms with Gasteiger partial charge in [-0.2, -0.15) is 0 Å². The van der Waals surface area contributed by atoms with Gasteiger partial charge in [0.15, 0.2) is 0 Å². The van der Waals surface area contributed by atoms with E-state index in [0.717, 1.165) is 25.7 Å². The fourth-order valence-electron chi connectivity index (χ4n) is 1.85. The summed E-state index contributed by atoms with van der Waals surface area (Å²) in [7, 11) is 0. The molecule has 0 radical (unpaired) electrons. The molecule has 66 valence electrons. The van der Waals surface area contributed by atoms with E-state index in [1.54, 1.807) is 0 Å². The Hall–Kier alpha value is -0.0800. The number of nitrogens with two attached hydrogens (primary N) is 1. The van der Waals surface area contributed by atoms with Crippen LogP contribution in [0, 0.1) is 5.41 Å². The molecule has 11 heavy (non-hydrogen) atoms. The van der Waals surface area contributed by atoms with Gasteiger partial charge < -0.3 is 10.8 Å². The second kappa shape index (κ2) is 2.76. The lowest BCUT2D eigenvalue weighted by Crippen LogP contribution is -2.47. The Bertz CT molecular complexity index is 138. The molecule has 3 N–H and O–H groups in total. The topological polar surface area (TPSA) is 46.2 Å². The maximum absolute atomic E-state index is 9.14. The molecule has 0 aromatic heterocycles. The second-order valence-electron chi connectivity index (χ2n) is 4.11. The van der Waals surface area contributed by atoms with E-state index in [-0.39, 0.29) is 17.6 Å².